The maximum Gasteiger partial charge on any atom is 0.267 e. The third-order valence-corrected chi connectivity index (χ3v) is 9.00. The molecule has 0 aliphatic heterocycles. The Morgan fingerprint density at radius 2 is 1.85 bits per heavy atom. The molecule has 0 saturated carbocycles. The Kier molecular flexibility index (Phi) is 8.42. The Morgan fingerprint density at radius 1 is 1.12 bits per heavy atom. The molecule has 1 aliphatic rings. The minimum Gasteiger partial charge on any atom is -0.494 e. The molecule has 0 bridgehead atoms. The van der Waals surface area contributed by atoms with E-state index in [1.165, 1.54) is 22.2 Å². The van der Waals surface area contributed by atoms with Crippen LogP contribution in [-0.2, 0) is 23.1 Å². The second-order valence-corrected chi connectivity index (χ2v) is 12.8. The van der Waals surface area contributed by atoms with Gasteiger partial charge < -0.3 is 4.74 Å². The summed E-state index contributed by atoms with van der Waals surface area (Å²) in [5, 5.41) is 5.32. The van der Waals surface area contributed by atoms with Gasteiger partial charge in [0.25, 0.3) is 11.5 Å². The Hall–Kier alpha value is -3.43. The number of fused-ring (bicyclic) bond motifs is 3. The number of carbonyl (C=O) groups is 1. The number of hydrogen-bond acceptors (Lipinski definition) is 7. The molecular formula is C31H34N4O3S2. The molecule has 9 heteroatoms. The Morgan fingerprint density at radius 3 is 2.55 bits per heavy atom. The summed E-state index contributed by atoms with van der Waals surface area (Å²) in [6.07, 6.45) is 5.74. The summed E-state index contributed by atoms with van der Waals surface area (Å²) in [5.41, 5.74) is 6.56. The number of ether oxygens (including phenoxy) is 1. The maximum absolute atomic E-state index is 13.9. The number of nitrogens with one attached hydrogen (secondary N) is 1. The van der Waals surface area contributed by atoms with Crippen molar-refractivity contribution in [3.8, 4) is 11.4 Å². The second-order valence-electron chi connectivity index (χ2n) is 10.8. The van der Waals surface area contributed by atoms with Crippen molar-refractivity contribution in [2.45, 2.75) is 63.9 Å². The van der Waals surface area contributed by atoms with Crippen LogP contribution in [0.4, 0.5) is 0 Å². The number of thioether (sulfide) groups is 1. The van der Waals surface area contributed by atoms with E-state index in [1.807, 2.05) is 43.3 Å². The normalized spacial score (nSPS) is 13.5. The van der Waals surface area contributed by atoms with E-state index >= 15 is 0 Å². The van der Waals surface area contributed by atoms with Crippen LogP contribution in [0.25, 0.3) is 15.9 Å². The van der Waals surface area contributed by atoms with Crippen molar-refractivity contribution >= 4 is 45.4 Å². The van der Waals surface area contributed by atoms with Crippen LogP contribution < -0.4 is 15.7 Å². The van der Waals surface area contributed by atoms with Gasteiger partial charge in [0.2, 0.25) is 0 Å². The van der Waals surface area contributed by atoms with Gasteiger partial charge in [-0.1, -0.05) is 56.8 Å². The minimum atomic E-state index is -0.273. The minimum absolute atomic E-state index is 0.0698. The van der Waals surface area contributed by atoms with Crippen molar-refractivity contribution in [1.82, 2.24) is 15.0 Å². The average molecular weight is 575 g/mol. The number of hydrazone groups is 1. The summed E-state index contributed by atoms with van der Waals surface area (Å²) in [6.45, 7) is 9.01. The van der Waals surface area contributed by atoms with Crippen LogP contribution in [0.15, 0.2) is 63.6 Å². The van der Waals surface area contributed by atoms with E-state index in [1.54, 1.807) is 22.1 Å². The van der Waals surface area contributed by atoms with Gasteiger partial charge in [-0.3, -0.25) is 14.2 Å². The zero-order valence-electron chi connectivity index (χ0n) is 23.3. The number of nitrogens with zero attached hydrogens (tertiary/aromatic N) is 3. The quantitative estimate of drug-likeness (QED) is 0.116. The van der Waals surface area contributed by atoms with Crippen LogP contribution in [0.1, 0.15) is 62.1 Å². The van der Waals surface area contributed by atoms with Gasteiger partial charge in [-0.15, -0.1) is 11.3 Å². The fourth-order valence-electron chi connectivity index (χ4n) is 4.78. The number of benzene rings is 2. The molecule has 2 heterocycles. The van der Waals surface area contributed by atoms with Crippen LogP contribution in [0.2, 0.25) is 0 Å². The zero-order valence-corrected chi connectivity index (χ0v) is 25.0. The van der Waals surface area contributed by atoms with Crippen LogP contribution in [0.3, 0.4) is 0 Å². The third-order valence-electron chi connectivity index (χ3n) is 6.88. The predicted octanol–water partition coefficient (Wildman–Crippen LogP) is 6.26. The van der Waals surface area contributed by atoms with Crippen molar-refractivity contribution in [1.29, 1.82) is 0 Å². The lowest BCUT2D eigenvalue weighted by molar-refractivity contribution is -0.118. The first-order valence-corrected chi connectivity index (χ1v) is 15.4. The lowest BCUT2D eigenvalue weighted by Crippen LogP contribution is -2.24. The van der Waals surface area contributed by atoms with Crippen LogP contribution in [0, 0.1) is 0 Å². The average Bonchev–Trinajstić information content (AvgIpc) is 3.31. The monoisotopic (exact) mass is 574 g/mol. The van der Waals surface area contributed by atoms with E-state index in [-0.39, 0.29) is 22.6 Å². The molecule has 0 spiro atoms. The molecule has 0 unspecified atom stereocenters. The van der Waals surface area contributed by atoms with Crippen molar-refractivity contribution < 1.29 is 9.53 Å². The number of aromatic nitrogens is 2. The molecule has 0 atom stereocenters. The fraction of sp³-hybridized carbons (Fsp3) is 0.355. The first kappa shape index (κ1) is 28.1. The van der Waals surface area contributed by atoms with Crippen molar-refractivity contribution in [3.63, 3.8) is 0 Å². The number of rotatable bonds is 8. The first-order valence-electron chi connectivity index (χ1n) is 13.6. The van der Waals surface area contributed by atoms with E-state index in [4.69, 9.17) is 9.72 Å². The Labute approximate surface area is 242 Å². The highest BCUT2D eigenvalue weighted by atomic mass is 32.2. The van der Waals surface area contributed by atoms with E-state index in [0.717, 1.165) is 47.4 Å². The molecule has 208 valence electrons. The number of carbonyl (C=O) groups excluding carboxylic acids is 1. The molecule has 1 amide bonds. The highest BCUT2D eigenvalue weighted by Crippen LogP contribution is 2.35. The lowest BCUT2D eigenvalue weighted by atomic mass is 9.87. The summed E-state index contributed by atoms with van der Waals surface area (Å²) in [7, 11) is 0. The predicted molar refractivity (Wildman–Crippen MR) is 165 cm³/mol. The molecule has 7 nitrogen and oxygen atoms in total. The van der Waals surface area contributed by atoms with Crippen LogP contribution in [-0.4, -0.2) is 34.0 Å². The molecule has 0 fully saturated rings. The van der Waals surface area contributed by atoms with Crippen molar-refractivity contribution in [3.05, 3.63) is 80.5 Å². The van der Waals surface area contributed by atoms with Gasteiger partial charge in [0.05, 0.1) is 29.6 Å². The lowest BCUT2D eigenvalue weighted by Gasteiger charge is -2.18. The van der Waals surface area contributed by atoms with Gasteiger partial charge in [-0.05, 0) is 79.0 Å². The summed E-state index contributed by atoms with van der Waals surface area (Å²) in [6, 6.07) is 15.5. The number of thiophene rings is 1. The van der Waals surface area contributed by atoms with Crippen molar-refractivity contribution in [2.24, 2.45) is 5.10 Å². The smallest absolute Gasteiger partial charge is 0.267 e. The van der Waals surface area contributed by atoms with Crippen LogP contribution in [0.5, 0.6) is 5.75 Å². The fourth-order valence-corrected chi connectivity index (χ4v) is 6.89. The van der Waals surface area contributed by atoms with Crippen LogP contribution >= 0.6 is 23.1 Å². The van der Waals surface area contributed by atoms with E-state index < -0.39 is 0 Å². The highest BCUT2D eigenvalue weighted by Gasteiger charge is 2.23. The van der Waals surface area contributed by atoms with Gasteiger partial charge in [0, 0.05) is 4.88 Å². The van der Waals surface area contributed by atoms with Gasteiger partial charge in [0.15, 0.2) is 5.16 Å². The van der Waals surface area contributed by atoms with Gasteiger partial charge in [-0.2, -0.15) is 5.10 Å². The standard InChI is InChI=1S/C31H34N4O3S2/c1-5-38-23-16-14-22(15-17-23)35-29(37)27-24-8-6-7-9-25(24)40-28(27)33-30(35)39-19-26(36)34-32-18-20-10-12-21(13-11-20)31(2,3)4/h10-18H,5-9,19H2,1-4H3,(H,34,36). The highest BCUT2D eigenvalue weighted by molar-refractivity contribution is 7.99. The molecule has 0 saturated heterocycles. The summed E-state index contributed by atoms with van der Waals surface area (Å²) in [4.78, 5) is 33.5. The maximum atomic E-state index is 13.9. The molecule has 0 radical (unpaired) electrons. The first-order chi connectivity index (χ1) is 19.2. The van der Waals surface area contributed by atoms with E-state index in [0.29, 0.717) is 22.8 Å². The largest absolute Gasteiger partial charge is 0.494 e. The SMILES string of the molecule is CCOc1ccc(-n2c(SCC(=O)NN=Cc3ccc(C(C)(C)C)cc3)nc3sc4c(c3c2=O)CCCC4)cc1. The number of aryl methyl sites for hydroxylation is 2. The summed E-state index contributed by atoms with van der Waals surface area (Å²) < 4.78 is 7.21. The van der Waals surface area contributed by atoms with Crippen molar-refractivity contribution in [2.75, 3.05) is 12.4 Å². The van der Waals surface area contributed by atoms with Gasteiger partial charge in [0.1, 0.15) is 10.6 Å². The topological polar surface area (TPSA) is 85.6 Å². The zero-order chi connectivity index (χ0) is 28.3. The molecule has 40 heavy (non-hydrogen) atoms. The summed E-state index contributed by atoms with van der Waals surface area (Å²) in [5.74, 6) is 0.534. The molecule has 1 aliphatic carbocycles. The van der Waals surface area contributed by atoms with Gasteiger partial charge in [-0.25, -0.2) is 10.4 Å². The van der Waals surface area contributed by atoms with E-state index in [2.05, 4.69) is 43.4 Å². The molecule has 2 aromatic carbocycles. The number of hydrogen-bond donors (Lipinski definition) is 1. The molecule has 5 rings (SSSR count). The Bertz CT molecular complexity index is 1600. The molecular weight excluding hydrogens is 541 g/mol. The van der Waals surface area contributed by atoms with Gasteiger partial charge >= 0.3 is 0 Å². The molecule has 2 aromatic heterocycles. The molecule has 4 aromatic rings. The molecule has 1 N–H and O–H groups in total. The number of amides is 1. The second kappa shape index (κ2) is 12.0. The Balaban J connectivity index is 1.37. The summed E-state index contributed by atoms with van der Waals surface area (Å²) >= 11 is 2.84. The van der Waals surface area contributed by atoms with E-state index in [9.17, 15) is 9.59 Å². The third kappa shape index (κ3) is 6.15.